The number of aromatic nitrogens is 6. The van der Waals surface area contributed by atoms with Gasteiger partial charge in [-0.15, -0.1) is 0 Å². The molecule has 1 amide bonds. The van der Waals surface area contributed by atoms with E-state index >= 15 is 8.78 Å². The maximum absolute atomic E-state index is 15.2. The first-order valence-corrected chi connectivity index (χ1v) is 15.2. The number of benzene rings is 1. The zero-order chi connectivity index (χ0) is 29.9. The molecule has 2 N–H and O–H groups in total. The maximum Gasteiger partial charge on any atom is 0.232 e. The molecule has 0 radical (unpaired) electrons. The number of imidazole rings is 1. The number of hydrogen-bond donors (Lipinski definition) is 2. The van der Waals surface area contributed by atoms with Crippen LogP contribution in [0.15, 0.2) is 29.3 Å². The topological polar surface area (TPSA) is 142 Å². The maximum atomic E-state index is 15.2. The third-order valence-electron chi connectivity index (χ3n) is 7.42. The Balaban J connectivity index is 1.50. The summed E-state index contributed by atoms with van der Waals surface area (Å²) >= 11 is 0. The second kappa shape index (κ2) is 10.2. The number of nitrogens with one attached hydrogen (secondary N) is 2. The summed E-state index contributed by atoms with van der Waals surface area (Å²) in [6, 6.07) is 3.36. The molecule has 3 aromatic heterocycles. The van der Waals surface area contributed by atoms with Crippen LogP contribution in [0.4, 0.5) is 32.1 Å². The van der Waals surface area contributed by atoms with Crippen molar-refractivity contribution in [1.29, 1.82) is 0 Å². The lowest BCUT2D eigenvalue weighted by Gasteiger charge is -2.26. The van der Waals surface area contributed by atoms with Gasteiger partial charge in [-0.2, -0.15) is 10.1 Å². The zero-order valence-corrected chi connectivity index (χ0v) is 24.3. The number of carbonyl (C=O) groups excluding carboxylic acids is 1. The van der Waals surface area contributed by atoms with E-state index in [-0.39, 0.29) is 17.8 Å². The van der Waals surface area contributed by atoms with E-state index in [1.807, 2.05) is 17.7 Å². The Hall–Kier alpha value is -4.40. The number of aryl methyl sites for hydroxylation is 1. The van der Waals surface area contributed by atoms with E-state index in [9.17, 15) is 13.2 Å². The van der Waals surface area contributed by atoms with Gasteiger partial charge in [-0.25, -0.2) is 27.2 Å². The standard InChI is InChI=1S/C27H29F2N9O3S/c1-14-9-21(35-34-14)31-26-23(16-5-6-16)24(20-12-38-8-7-37(15(2)39)13-22(38)30-20)32-27(33-26)36(3)25-18(28)10-17(11-19(25)29)42(4,40)41/h9-12,16H,5-8,13H2,1-4H3,(H2,31,32,33,34,35). The molecule has 42 heavy (non-hydrogen) atoms. The van der Waals surface area contributed by atoms with Crippen molar-refractivity contribution in [3.8, 4) is 11.4 Å². The van der Waals surface area contributed by atoms with E-state index in [0.717, 1.165) is 47.4 Å². The van der Waals surface area contributed by atoms with Crippen molar-refractivity contribution >= 4 is 39.0 Å². The van der Waals surface area contributed by atoms with Crippen molar-refractivity contribution in [2.75, 3.05) is 30.1 Å². The van der Waals surface area contributed by atoms with Crippen LogP contribution in [0.3, 0.4) is 0 Å². The zero-order valence-electron chi connectivity index (χ0n) is 23.4. The molecule has 220 valence electrons. The highest BCUT2D eigenvalue weighted by atomic mass is 32.2. The number of carbonyl (C=O) groups is 1. The summed E-state index contributed by atoms with van der Waals surface area (Å²) in [5.74, 6) is -0.469. The molecule has 0 spiro atoms. The smallest absolute Gasteiger partial charge is 0.232 e. The molecule has 4 heterocycles. The number of rotatable bonds is 7. The summed E-state index contributed by atoms with van der Waals surface area (Å²) in [6.07, 6.45) is 4.56. The van der Waals surface area contributed by atoms with Crippen LogP contribution in [-0.2, 0) is 27.7 Å². The Labute approximate surface area is 240 Å². The fourth-order valence-electron chi connectivity index (χ4n) is 5.07. The molecule has 6 rings (SSSR count). The average molecular weight is 598 g/mol. The number of amides is 1. The van der Waals surface area contributed by atoms with Crippen LogP contribution in [0, 0.1) is 18.6 Å². The Morgan fingerprint density at radius 3 is 2.43 bits per heavy atom. The predicted octanol–water partition coefficient (Wildman–Crippen LogP) is 3.80. The number of aromatic amines is 1. The van der Waals surface area contributed by atoms with Crippen molar-refractivity contribution in [3.05, 3.63) is 53.1 Å². The van der Waals surface area contributed by atoms with E-state index in [4.69, 9.17) is 9.97 Å². The Morgan fingerprint density at radius 1 is 1.12 bits per heavy atom. The van der Waals surface area contributed by atoms with Gasteiger partial charge in [0.15, 0.2) is 27.3 Å². The molecule has 2 aliphatic rings. The third kappa shape index (κ3) is 5.19. The van der Waals surface area contributed by atoms with Gasteiger partial charge in [-0.3, -0.25) is 9.89 Å². The minimum atomic E-state index is -3.84. The lowest BCUT2D eigenvalue weighted by Crippen LogP contribution is -2.36. The summed E-state index contributed by atoms with van der Waals surface area (Å²) in [4.78, 5) is 28.7. The van der Waals surface area contributed by atoms with Crippen molar-refractivity contribution in [3.63, 3.8) is 0 Å². The second-order valence-electron chi connectivity index (χ2n) is 10.7. The molecule has 12 nitrogen and oxygen atoms in total. The summed E-state index contributed by atoms with van der Waals surface area (Å²) in [7, 11) is -2.44. The van der Waals surface area contributed by atoms with Gasteiger partial charge in [0.1, 0.15) is 28.7 Å². The molecule has 0 saturated heterocycles. The van der Waals surface area contributed by atoms with E-state index in [2.05, 4.69) is 20.5 Å². The van der Waals surface area contributed by atoms with Crippen molar-refractivity contribution in [1.82, 2.24) is 34.6 Å². The minimum absolute atomic E-state index is 0.0367. The highest BCUT2D eigenvalue weighted by Crippen LogP contribution is 2.48. The first-order valence-electron chi connectivity index (χ1n) is 13.3. The minimum Gasteiger partial charge on any atom is -0.334 e. The van der Waals surface area contributed by atoms with Gasteiger partial charge in [-0.1, -0.05) is 0 Å². The Morgan fingerprint density at radius 2 is 1.83 bits per heavy atom. The molecular weight excluding hydrogens is 568 g/mol. The van der Waals surface area contributed by atoms with E-state index in [1.54, 1.807) is 11.0 Å². The van der Waals surface area contributed by atoms with Crippen LogP contribution < -0.4 is 10.2 Å². The quantitative estimate of drug-likeness (QED) is 0.325. The fourth-order valence-corrected chi connectivity index (χ4v) is 5.71. The summed E-state index contributed by atoms with van der Waals surface area (Å²) < 4.78 is 56.3. The molecule has 1 fully saturated rings. The molecule has 0 unspecified atom stereocenters. The Bertz CT molecular complexity index is 1810. The molecule has 1 saturated carbocycles. The van der Waals surface area contributed by atoms with Gasteiger partial charge < -0.3 is 19.7 Å². The van der Waals surface area contributed by atoms with Crippen LogP contribution in [-0.4, -0.2) is 68.8 Å². The molecule has 1 aliphatic heterocycles. The van der Waals surface area contributed by atoms with Crippen LogP contribution in [0.5, 0.6) is 0 Å². The lowest BCUT2D eigenvalue weighted by molar-refractivity contribution is -0.130. The van der Waals surface area contributed by atoms with Crippen molar-refractivity contribution in [2.45, 2.75) is 50.6 Å². The van der Waals surface area contributed by atoms with Crippen LogP contribution in [0.25, 0.3) is 11.4 Å². The molecule has 1 aliphatic carbocycles. The SMILES string of the molecule is CC(=O)N1CCn2cc(-c3nc(N(C)c4c(F)cc(S(C)(=O)=O)cc4F)nc(Nc4cc(C)[nH]n4)c3C3CC3)nc2C1. The van der Waals surface area contributed by atoms with Crippen molar-refractivity contribution < 1.29 is 22.0 Å². The average Bonchev–Trinajstić information content (AvgIpc) is 3.53. The second-order valence-corrected chi connectivity index (χ2v) is 12.7. The lowest BCUT2D eigenvalue weighted by atomic mass is 10.1. The first kappa shape index (κ1) is 27.8. The van der Waals surface area contributed by atoms with E-state index < -0.39 is 32.1 Å². The van der Waals surface area contributed by atoms with Crippen LogP contribution >= 0.6 is 0 Å². The van der Waals surface area contributed by atoms with Gasteiger partial charge in [0.2, 0.25) is 11.9 Å². The monoisotopic (exact) mass is 597 g/mol. The normalized spacial score (nSPS) is 15.0. The number of halogens is 2. The number of fused-ring (bicyclic) bond motifs is 1. The molecule has 0 atom stereocenters. The third-order valence-corrected chi connectivity index (χ3v) is 8.51. The number of nitrogens with zero attached hydrogens (tertiary/aromatic N) is 7. The van der Waals surface area contributed by atoms with Gasteiger partial charge in [0, 0.05) is 56.8 Å². The molecular formula is C27H29F2N9O3S. The molecule has 1 aromatic carbocycles. The number of sulfone groups is 1. The van der Waals surface area contributed by atoms with Gasteiger partial charge in [0.25, 0.3) is 0 Å². The molecule has 4 aromatic rings. The summed E-state index contributed by atoms with van der Waals surface area (Å²) in [6.45, 7) is 4.85. The fraction of sp³-hybridized carbons (Fsp3) is 0.370. The van der Waals surface area contributed by atoms with E-state index in [1.165, 1.54) is 14.0 Å². The van der Waals surface area contributed by atoms with Crippen LogP contribution in [0.2, 0.25) is 0 Å². The summed E-state index contributed by atoms with van der Waals surface area (Å²) in [5, 5.41) is 10.4. The largest absolute Gasteiger partial charge is 0.334 e. The number of hydrogen-bond acceptors (Lipinski definition) is 9. The Kier molecular flexibility index (Phi) is 6.71. The first-order chi connectivity index (χ1) is 19.9. The van der Waals surface area contributed by atoms with E-state index in [0.29, 0.717) is 48.5 Å². The van der Waals surface area contributed by atoms with Crippen LogP contribution in [0.1, 0.15) is 42.8 Å². The highest BCUT2D eigenvalue weighted by Gasteiger charge is 2.34. The molecule has 15 heteroatoms. The van der Waals surface area contributed by atoms with Gasteiger partial charge in [0.05, 0.1) is 11.4 Å². The highest BCUT2D eigenvalue weighted by molar-refractivity contribution is 7.90. The van der Waals surface area contributed by atoms with Gasteiger partial charge >= 0.3 is 0 Å². The number of H-pyrrole nitrogens is 1. The predicted molar refractivity (Wildman–Crippen MR) is 150 cm³/mol. The number of anilines is 4. The van der Waals surface area contributed by atoms with Gasteiger partial charge in [-0.05, 0) is 37.8 Å². The summed E-state index contributed by atoms with van der Waals surface area (Å²) in [5.41, 5.74) is 2.16. The van der Waals surface area contributed by atoms with Crippen molar-refractivity contribution in [2.24, 2.45) is 0 Å². The molecule has 0 bridgehead atoms.